The van der Waals surface area contributed by atoms with Gasteiger partial charge in [0.25, 0.3) is 5.91 Å². The molecule has 1 spiro atoms. The Labute approximate surface area is 218 Å². The molecule has 2 aliphatic heterocycles. The summed E-state index contributed by atoms with van der Waals surface area (Å²) in [4.78, 5) is 33.4. The number of carbonyl (C=O) groups is 2. The third-order valence-electron chi connectivity index (χ3n) is 6.80. The molecule has 37 heavy (non-hydrogen) atoms. The third-order valence-corrected chi connectivity index (χ3v) is 6.80. The molecule has 1 aromatic heterocycles. The van der Waals surface area contributed by atoms with Crippen molar-refractivity contribution >= 4 is 17.6 Å². The van der Waals surface area contributed by atoms with Crippen molar-refractivity contribution in [3.63, 3.8) is 0 Å². The zero-order valence-corrected chi connectivity index (χ0v) is 22.4. The van der Waals surface area contributed by atoms with Gasteiger partial charge in [-0.3, -0.25) is 9.78 Å². The molecule has 1 atom stereocenters. The maximum Gasteiger partial charge on any atom is 0.410 e. The van der Waals surface area contributed by atoms with Crippen molar-refractivity contribution in [2.45, 2.75) is 65.1 Å². The van der Waals surface area contributed by atoms with Crippen LogP contribution in [0.15, 0.2) is 42.6 Å². The highest BCUT2D eigenvalue weighted by Crippen LogP contribution is 2.44. The molecule has 3 heterocycles. The number of aromatic hydroxyl groups is 1. The first-order valence-corrected chi connectivity index (χ1v) is 13.0. The van der Waals surface area contributed by atoms with E-state index in [9.17, 15) is 14.7 Å². The third kappa shape index (κ3) is 5.89. The number of phenols is 1. The van der Waals surface area contributed by atoms with Crippen LogP contribution in [0.5, 0.6) is 11.5 Å². The van der Waals surface area contributed by atoms with Gasteiger partial charge in [0.2, 0.25) is 0 Å². The summed E-state index contributed by atoms with van der Waals surface area (Å²) in [5, 5.41) is 10.2. The lowest BCUT2D eigenvalue weighted by Crippen LogP contribution is -2.40. The lowest BCUT2D eigenvalue weighted by atomic mass is 9.84. The summed E-state index contributed by atoms with van der Waals surface area (Å²) >= 11 is 0. The molecule has 8 nitrogen and oxygen atoms in total. The first kappa shape index (κ1) is 26.5. The maximum atomic E-state index is 12.7. The normalized spacial score (nSPS) is 19.4. The predicted molar refractivity (Wildman–Crippen MR) is 142 cm³/mol. The van der Waals surface area contributed by atoms with Crippen LogP contribution in [0.3, 0.4) is 0 Å². The van der Waals surface area contributed by atoms with Crippen molar-refractivity contribution in [2.24, 2.45) is 0 Å². The summed E-state index contributed by atoms with van der Waals surface area (Å²) in [7, 11) is 0. The van der Waals surface area contributed by atoms with Crippen molar-refractivity contribution in [3.8, 4) is 11.5 Å². The highest BCUT2D eigenvalue weighted by atomic mass is 16.6. The number of ether oxygens (including phenoxy) is 2. The van der Waals surface area contributed by atoms with E-state index in [2.05, 4.69) is 11.1 Å². The molecular formula is C29H37N3O5. The Balaban J connectivity index is 1.66. The number of hydrogen-bond acceptors (Lipinski definition) is 6. The van der Waals surface area contributed by atoms with Crippen LogP contribution in [0, 0.1) is 0 Å². The fourth-order valence-electron chi connectivity index (χ4n) is 4.88. The van der Waals surface area contributed by atoms with E-state index in [0.29, 0.717) is 44.0 Å². The molecule has 2 aliphatic rings. The minimum absolute atomic E-state index is 0.0991. The van der Waals surface area contributed by atoms with E-state index in [1.807, 2.05) is 40.7 Å². The monoisotopic (exact) mass is 507 g/mol. The molecule has 8 heteroatoms. The molecule has 1 saturated heterocycles. The zero-order chi connectivity index (χ0) is 26.8. The van der Waals surface area contributed by atoms with Crippen molar-refractivity contribution in [1.29, 1.82) is 0 Å². The van der Waals surface area contributed by atoms with Crippen LogP contribution < -0.4 is 4.74 Å². The maximum absolute atomic E-state index is 12.7. The number of amides is 2. The van der Waals surface area contributed by atoms with Crippen LogP contribution >= 0.6 is 0 Å². The van der Waals surface area contributed by atoms with Gasteiger partial charge in [0, 0.05) is 49.9 Å². The Hall–Kier alpha value is -3.55. The molecule has 0 aliphatic carbocycles. The Morgan fingerprint density at radius 2 is 1.89 bits per heavy atom. The molecular weight excluding hydrogens is 470 g/mol. The van der Waals surface area contributed by atoms with Crippen LogP contribution in [0.2, 0.25) is 0 Å². The van der Waals surface area contributed by atoms with Gasteiger partial charge in [-0.25, -0.2) is 4.79 Å². The van der Waals surface area contributed by atoms with Gasteiger partial charge < -0.3 is 24.4 Å². The summed E-state index contributed by atoms with van der Waals surface area (Å²) < 4.78 is 12.1. The average Bonchev–Trinajstić information content (AvgIpc) is 3.06. The van der Waals surface area contributed by atoms with Crippen LogP contribution in [0.4, 0.5) is 4.79 Å². The molecule has 0 saturated carbocycles. The number of fused-ring (bicyclic) bond motifs is 1. The molecule has 1 N–H and O–H groups in total. The van der Waals surface area contributed by atoms with Gasteiger partial charge in [-0.2, -0.15) is 0 Å². The molecule has 1 fully saturated rings. The standard InChI is InChI=1S/C29H37N3O5/c1-6-31(7-2)26(34)24-11-9-20(19-30-24)23-18-29(36-25-12-10-21(33)17-22(23)25)13-8-15-32(16-14-29)27(35)37-28(3,4)5/h9-12,17-19,33H,6-8,13-16H2,1-5H3. The van der Waals surface area contributed by atoms with E-state index in [0.717, 1.165) is 29.5 Å². The summed E-state index contributed by atoms with van der Waals surface area (Å²) in [6.45, 7) is 11.8. The number of pyridine rings is 1. The van der Waals surface area contributed by atoms with Crippen LogP contribution in [0.25, 0.3) is 5.57 Å². The summed E-state index contributed by atoms with van der Waals surface area (Å²) in [5.41, 5.74) is 1.71. The van der Waals surface area contributed by atoms with Crippen LogP contribution in [0.1, 0.15) is 75.5 Å². The van der Waals surface area contributed by atoms with Gasteiger partial charge in [0.15, 0.2) is 0 Å². The minimum Gasteiger partial charge on any atom is -0.508 e. The van der Waals surface area contributed by atoms with E-state index in [1.54, 1.807) is 40.3 Å². The Kier molecular flexibility index (Phi) is 7.48. The first-order chi connectivity index (χ1) is 17.5. The fourth-order valence-corrected chi connectivity index (χ4v) is 4.88. The molecule has 1 unspecified atom stereocenters. The van der Waals surface area contributed by atoms with E-state index in [1.165, 1.54) is 0 Å². The minimum atomic E-state index is -0.619. The first-order valence-electron chi connectivity index (χ1n) is 13.0. The molecule has 2 amide bonds. The number of aromatic nitrogens is 1. The molecule has 1 aromatic carbocycles. The number of likely N-dealkylation sites (tertiary alicyclic amines) is 1. The van der Waals surface area contributed by atoms with Crippen LogP contribution in [-0.2, 0) is 4.74 Å². The van der Waals surface area contributed by atoms with Gasteiger partial charge in [0.1, 0.15) is 28.4 Å². The lowest BCUT2D eigenvalue weighted by Gasteiger charge is -2.36. The number of hydrogen-bond donors (Lipinski definition) is 1. The van der Waals surface area contributed by atoms with Crippen molar-refractivity contribution in [3.05, 3.63) is 59.4 Å². The van der Waals surface area contributed by atoms with E-state index in [4.69, 9.17) is 9.47 Å². The summed E-state index contributed by atoms with van der Waals surface area (Å²) in [5.74, 6) is 0.713. The molecule has 0 bridgehead atoms. The second-order valence-electron chi connectivity index (χ2n) is 10.6. The number of benzene rings is 1. The number of nitrogens with zero attached hydrogens (tertiary/aromatic N) is 3. The quantitative estimate of drug-likeness (QED) is 0.608. The summed E-state index contributed by atoms with van der Waals surface area (Å²) in [6.07, 6.45) is 5.57. The summed E-state index contributed by atoms with van der Waals surface area (Å²) in [6, 6.07) is 8.72. The lowest BCUT2D eigenvalue weighted by molar-refractivity contribution is 0.0242. The van der Waals surface area contributed by atoms with E-state index < -0.39 is 11.2 Å². The van der Waals surface area contributed by atoms with Crippen molar-refractivity contribution in [1.82, 2.24) is 14.8 Å². The van der Waals surface area contributed by atoms with Gasteiger partial charge in [-0.1, -0.05) is 6.07 Å². The van der Waals surface area contributed by atoms with E-state index >= 15 is 0 Å². The largest absolute Gasteiger partial charge is 0.508 e. The van der Waals surface area contributed by atoms with Gasteiger partial charge in [-0.15, -0.1) is 0 Å². The number of carbonyl (C=O) groups excluding carboxylic acids is 2. The van der Waals surface area contributed by atoms with Gasteiger partial charge >= 0.3 is 6.09 Å². The smallest absolute Gasteiger partial charge is 0.410 e. The second kappa shape index (κ2) is 10.4. The molecule has 4 rings (SSSR count). The Morgan fingerprint density at radius 1 is 1.14 bits per heavy atom. The predicted octanol–water partition coefficient (Wildman–Crippen LogP) is 5.25. The Bertz CT molecular complexity index is 1180. The topological polar surface area (TPSA) is 92.2 Å². The molecule has 0 radical (unpaired) electrons. The number of rotatable bonds is 4. The van der Waals surface area contributed by atoms with Crippen molar-refractivity contribution < 1.29 is 24.2 Å². The van der Waals surface area contributed by atoms with Crippen LogP contribution in [-0.4, -0.2) is 69.3 Å². The average molecular weight is 508 g/mol. The zero-order valence-electron chi connectivity index (χ0n) is 22.4. The number of phenolic OH excluding ortho intramolecular Hbond substituents is 1. The fraction of sp³-hybridized carbons (Fsp3) is 0.483. The highest BCUT2D eigenvalue weighted by molar-refractivity contribution is 5.93. The van der Waals surface area contributed by atoms with Gasteiger partial charge in [0.05, 0.1) is 0 Å². The second-order valence-corrected chi connectivity index (χ2v) is 10.6. The molecule has 2 aromatic rings. The highest BCUT2D eigenvalue weighted by Gasteiger charge is 2.39. The molecule has 198 valence electrons. The Morgan fingerprint density at radius 3 is 2.54 bits per heavy atom. The van der Waals surface area contributed by atoms with E-state index in [-0.39, 0.29) is 17.7 Å². The van der Waals surface area contributed by atoms with Crippen molar-refractivity contribution in [2.75, 3.05) is 26.2 Å². The van der Waals surface area contributed by atoms with Gasteiger partial charge in [-0.05, 0) is 83.4 Å². The SMILES string of the molecule is CCN(CC)C(=O)c1ccc(C2=CC3(CCCN(C(=O)OC(C)(C)C)CC3)Oc3ccc(O)cc32)cn1.